The Morgan fingerprint density at radius 2 is 2.13 bits per heavy atom. The van der Waals surface area contributed by atoms with E-state index in [1.165, 1.54) is 16.8 Å². The second-order valence-electron chi connectivity index (χ2n) is 3.23. The monoisotopic (exact) mass is 213 g/mol. The van der Waals surface area contributed by atoms with Crippen LogP contribution in [0.3, 0.4) is 0 Å². The average molecular weight is 213 g/mol. The molecule has 0 aliphatic carbocycles. The van der Waals surface area contributed by atoms with Gasteiger partial charge >= 0.3 is 5.69 Å². The van der Waals surface area contributed by atoms with E-state index in [1.807, 2.05) is 0 Å². The van der Waals surface area contributed by atoms with Crippen LogP contribution in [0, 0.1) is 0 Å². The van der Waals surface area contributed by atoms with Crippen molar-refractivity contribution in [3.8, 4) is 0 Å². The van der Waals surface area contributed by atoms with Crippen molar-refractivity contribution in [3.63, 3.8) is 0 Å². The molecule has 3 N–H and O–H groups in total. The van der Waals surface area contributed by atoms with Crippen LogP contribution >= 0.6 is 0 Å². The minimum absolute atomic E-state index is 0.363. The molecule has 0 saturated carbocycles. The summed E-state index contributed by atoms with van der Waals surface area (Å²) in [6.45, 7) is 1.13. The zero-order valence-corrected chi connectivity index (χ0v) is 8.44. The molecule has 0 atom stereocenters. The van der Waals surface area contributed by atoms with Gasteiger partial charge in [0.1, 0.15) is 0 Å². The van der Waals surface area contributed by atoms with Crippen molar-refractivity contribution < 1.29 is 4.84 Å². The molecule has 0 bridgehead atoms. The molecule has 0 aromatic carbocycles. The second-order valence-corrected chi connectivity index (χ2v) is 3.23. The molecule has 0 radical (unpaired) electrons. The number of aromatic nitrogens is 2. The molecular formula is C9H15N3O3. The molecule has 0 aliphatic heterocycles. The van der Waals surface area contributed by atoms with Crippen molar-refractivity contribution in [1.82, 2.24) is 9.55 Å². The molecule has 1 aromatic rings. The van der Waals surface area contributed by atoms with Crippen molar-refractivity contribution in [3.05, 3.63) is 33.1 Å². The van der Waals surface area contributed by atoms with Gasteiger partial charge in [-0.05, 0) is 19.3 Å². The molecule has 0 amide bonds. The highest BCUT2D eigenvalue weighted by Gasteiger charge is 1.96. The Kier molecular flexibility index (Phi) is 4.79. The molecule has 6 nitrogen and oxygen atoms in total. The second kappa shape index (κ2) is 6.15. The smallest absolute Gasteiger partial charge is 0.305 e. The number of aromatic amines is 1. The van der Waals surface area contributed by atoms with Crippen molar-refractivity contribution in [2.75, 3.05) is 6.61 Å². The van der Waals surface area contributed by atoms with E-state index in [1.54, 1.807) is 0 Å². The van der Waals surface area contributed by atoms with Gasteiger partial charge in [0.05, 0.1) is 6.61 Å². The summed E-state index contributed by atoms with van der Waals surface area (Å²) in [6.07, 6.45) is 4.16. The number of aryl methyl sites for hydroxylation is 1. The standard InChI is InChI=1S/C9H15N3O3/c10-15-7-3-1-2-5-12-6-4-8(13)11-9(12)14/h4,6H,1-3,5,7,10H2,(H,11,13,14). The predicted octanol–water partition coefficient (Wildman–Crippen LogP) is -0.403. The van der Waals surface area contributed by atoms with E-state index in [2.05, 4.69) is 9.82 Å². The van der Waals surface area contributed by atoms with Crippen molar-refractivity contribution in [1.29, 1.82) is 0 Å². The van der Waals surface area contributed by atoms with Gasteiger partial charge in [-0.15, -0.1) is 0 Å². The van der Waals surface area contributed by atoms with Gasteiger partial charge in [-0.2, -0.15) is 0 Å². The fourth-order valence-electron chi connectivity index (χ4n) is 1.26. The summed E-state index contributed by atoms with van der Waals surface area (Å²) in [7, 11) is 0. The van der Waals surface area contributed by atoms with Crippen LogP contribution in [0.4, 0.5) is 0 Å². The summed E-state index contributed by atoms with van der Waals surface area (Å²) in [6, 6.07) is 1.34. The molecular weight excluding hydrogens is 198 g/mol. The van der Waals surface area contributed by atoms with Crippen LogP contribution < -0.4 is 17.1 Å². The number of hydrogen-bond acceptors (Lipinski definition) is 4. The van der Waals surface area contributed by atoms with Crippen molar-refractivity contribution in [2.45, 2.75) is 25.8 Å². The summed E-state index contributed by atoms with van der Waals surface area (Å²) in [5, 5.41) is 0. The Hall–Kier alpha value is -1.40. The largest absolute Gasteiger partial charge is 0.328 e. The number of rotatable bonds is 6. The van der Waals surface area contributed by atoms with Crippen LogP contribution in [0.1, 0.15) is 19.3 Å². The van der Waals surface area contributed by atoms with Crippen LogP contribution in [-0.4, -0.2) is 16.2 Å². The minimum Gasteiger partial charge on any atom is -0.305 e. The van der Waals surface area contributed by atoms with E-state index in [0.717, 1.165) is 19.3 Å². The first kappa shape index (κ1) is 11.7. The Morgan fingerprint density at radius 1 is 1.33 bits per heavy atom. The van der Waals surface area contributed by atoms with Gasteiger partial charge in [-0.3, -0.25) is 9.78 Å². The summed E-state index contributed by atoms with van der Waals surface area (Å²) in [4.78, 5) is 28.6. The molecule has 1 aromatic heterocycles. The van der Waals surface area contributed by atoms with E-state index >= 15 is 0 Å². The average Bonchev–Trinajstić information content (AvgIpc) is 2.20. The van der Waals surface area contributed by atoms with Gasteiger partial charge in [0, 0.05) is 18.8 Å². The van der Waals surface area contributed by atoms with Gasteiger partial charge < -0.3 is 9.40 Å². The van der Waals surface area contributed by atoms with Crippen LogP contribution in [0.2, 0.25) is 0 Å². The Morgan fingerprint density at radius 3 is 2.80 bits per heavy atom. The van der Waals surface area contributed by atoms with Crippen LogP contribution in [0.25, 0.3) is 0 Å². The molecule has 1 heterocycles. The normalized spacial score (nSPS) is 10.5. The molecule has 0 saturated heterocycles. The Balaban J connectivity index is 2.38. The molecule has 0 fully saturated rings. The van der Waals surface area contributed by atoms with Crippen LogP contribution in [0.5, 0.6) is 0 Å². The number of nitrogens with zero attached hydrogens (tertiary/aromatic N) is 1. The highest BCUT2D eigenvalue weighted by atomic mass is 16.6. The number of unbranched alkanes of at least 4 members (excludes halogenated alkanes) is 2. The fourth-order valence-corrected chi connectivity index (χ4v) is 1.26. The van der Waals surface area contributed by atoms with Gasteiger partial charge in [0.25, 0.3) is 5.56 Å². The van der Waals surface area contributed by atoms with Crippen molar-refractivity contribution in [2.24, 2.45) is 5.90 Å². The first-order valence-corrected chi connectivity index (χ1v) is 4.85. The lowest BCUT2D eigenvalue weighted by molar-refractivity contribution is 0.133. The first-order chi connectivity index (χ1) is 7.24. The highest BCUT2D eigenvalue weighted by Crippen LogP contribution is 1.96. The molecule has 0 unspecified atom stereocenters. The molecule has 6 heteroatoms. The maximum Gasteiger partial charge on any atom is 0.328 e. The highest BCUT2D eigenvalue weighted by molar-refractivity contribution is 4.82. The quantitative estimate of drug-likeness (QED) is 0.497. The number of nitrogens with one attached hydrogen (secondary N) is 1. The SMILES string of the molecule is NOCCCCCn1ccc(=O)[nH]c1=O. The van der Waals surface area contributed by atoms with Gasteiger partial charge in [-0.25, -0.2) is 10.7 Å². The van der Waals surface area contributed by atoms with Crippen LogP contribution in [0.15, 0.2) is 21.9 Å². The number of hydrogen-bond donors (Lipinski definition) is 2. The van der Waals surface area contributed by atoms with Gasteiger partial charge in [0.15, 0.2) is 0 Å². The van der Waals surface area contributed by atoms with E-state index < -0.39 is 0 Å². The van der Waals surface area contributed by atoms with Crippen molar-refractivity contribution >= 4 is 0 Å². The summed E-state index contributed by atoms with van der Waals surface area (Å²) in [5.74, 6) is 4.87. The maximum atomic E-state index is 11.2. The topological polar surface area (TPSA) is 90.1 Å². The van der Waals surface area contributed by atoms with Gasteiger partial charge in [0.2, 0.25) is 0 Å². The lowest BCUT2D eigenvalue weighted by Crippen LogP contribution is -2.28. The van der Waals surface area contributed by atoms with E-state index in [-0.39, 0.29) is 11.2 Å². The lowest BCUT2D eigenvalue weighted by Gasteiger charge is -2.03. The Bertz CT molecular complexity index is 396. The molecule has 1 rings (SSSR count). The zero-order valence-electron chi connectivity index (χ0n) is 8.44. The van der Waals surface area contributed by atoms with Gasteiger partial charge in [-0.1, -0.05) is 0 Å². The molecule has 84 valence electrons. The zero-order chi connectivity index (χ0) is 11.1. The molecule has 15 heavy (non-hydrogen) atoms. The van der Waals surface area contributed by atoms with Crippen LogP contribution in [-0.2, 0) is 11.4 Å². The first-order valence-electron chi connectivity index (χ1n) is 4.85. The third-order valence-electron chi connectivity index (χ3n) is 2.06. The lowest BCUT2D eigenvalue weighted by atomic mass is 10.2. The fraction of sp³-hybridized carbons (Fsp3) is 0.556. The number of H-pyrrole nitrogens is 1. The molecule has 0 aliphatic rings. The number of nitrogens with two attached hydrogens (primary N) is 1. The van der Waals surface area contributed by atoms with E-state index in [9.17, 15) is 9.59 Å². The third-order valence-corrected chi connectivity index (χ3v) is 2.06. The van der Waals surface area contributed by atoms with E-state index in [4.69, 9.17) is 5.90 Å². The maximum absolute atomic E-state index is 11.2. The summed E-state index contributed by atoms with van der Waals surface area (Å²) >= 11 is 0. The molecule has 0 spiro atoms. The van der Waals surface area contributed by atoms with E-state index in [0.29, 0.717) is 13.2 Å². The summed E-state index contributed by atoms with van der Waals surface area (Å²) < 4.78 is 1.48. The summed E-state index contributed by atoms with van der Waals surface area (Å²) in [5.41, 5.74) is -0.731. The third kappa shape index (κ3) is 4.09. The minimum atomic E-state index is -0.368. The Labute approximate surface area is 86.6 Å². The predicted molar refractivity (Wildman–Crippen MR) is 55.3 cm³/mol.